The lowest BCUT2D eigenvalue weighted by molar-refractivity contribution is -0.137. The first-order valence-corrected chi connectivity index (χ1v) is 9.72. The Labute approximate surface area is 173 Å². The van der Waals surface area contributed by atoms with Gasteiger partial charge in [0.2, 0.25) is 5.91 Å². The molecule has 0 spiro atoms. The number of nitrogens with zero attached hydrogens (tertiary/aromatic N) is 2. The molecule has 0 saturated carbocycles. The van der Waals surface area contributed by atoms with E-state index in [0.717, 1.165) is 6.07 Å². The van der Waals surface area contributed by atoms with E-state index in [1.54, 1.807) is 30.3 Å². The van der Waals surface area contributed by atoms with E-state index in [0.29, 0.717) is 49.5 Å². The van der Waals surface area contributed by atoms with Gasteiger partial charge in [-0.3, -0.25) is 19.4 Å². The molecule has 3 rings (SSSR count). The van der Waals surface area contributed by atoms with Crippen LogP contribution >= 0.6 is 0 Å². The molecule has 0 atom stereocenters. The zero-order valence-electron chi connectivity index (χ0n) is 16.7. The Balaban J connectivity index is 1.45. The first-order valence-electron chi connectivity index (χ1n) is 9.72. The fourth-order valence-electron chi connectivity index (χ4n) is 3.40. The number of ketones is 1. The normalized spacial score (nSPS) is 15.7. The van der Waals surface area contributed by atoms with E-state index in [9.17, 15) is 22.8 Å². The zero-order chi connectivity index (χ0) is 21.7. The van der Waals surface area contributed by atoms with Gasteiger partial charge >= 0.3 is 6.18 Å². The van der Waals surface area contributed by atoms with Crippen LogP contribution in [0.15, 0.2) is 48.5 Å². The summed E-state index contributed by atoms with van der Waals surface area (Å²) in [5.41, 5.74) is 1.22. The Kier molecular flexibility index (Phi) is 6.89. The Morgan fingerprint density at radius 3 is 2.20 bits per heavy atom. The summed E-state index contributed by atoms with van der Waals surface area (Å²) in [4.78, 5) is 27.7. The standard InChI is InChI=1S/C22H24F3N3O2/c1-16(29)18-5-7-20(8-6-18)26-21(30)15-28-11-9-27(10-12-28)14-17-3-2-4-19(13-17)22(23,24)25/h2-8,13H,9-12,14-15H2,1H3,(H,26,30). The fraction of sp³-hybridized carbons (Fsp3) is 0.364. The summed E-state index contributed by atoms with van der Waals surface area (Å²) in [6, 6.07) is 12.1. The monoisotopic (exact) mass is 419 g/mol. The molecule has 0 aliphatic carbocycles. The highest BCUT2D eigenvalue weighted by Gasteiger charge is 2.30. The highest BCUT2D eigenvalue weighted by Crippen LogP contribution is 2.29. The van der Waals surface area contributed by atoms with Crippen molar-refractivity contribution in [2.24, 2.45) is 0 Å². The molecule has 0 unspecified atom stereocenters. The van der Waals surface area contributed by atoms with Gasteiger partial charge in [-0.05, 0) is 42.8 Å². The lowest BCUT2D eigenvalue weighted by Crippen LogP contribution is -2.48. The molecule has 1 heterocycles. The lowest BCUT2D eigenvalue weighted by Gasteiger charge is -2.34. The number of anilines is 1. The second-order valence-corrected chi connectivity index (χ2v) is 7.43. The Morgan fingerprint density at radius 2 is 1.60 bits per heavy atom. The van der Waals surface area contributed by atoms with Crippen LogP contribution in [0.4, 0.5) is 18.9 Å². The fourth-order valence-corrected chi connectivity index (χ4v) is 3.40. The first-order chi connectivity index (χ1) is 14.2. The highest BCUT2D eigenvalue weighted by atomic mass is 19.4. The highest BCUT2D eigenvalue weighted by molar-refractivity contribution is 5.96. The maximum Gasteiger partial charge on any atom is 0.416 e. The third-order valence-electron chi connectivity index (χ3n) is 5.07. The number of hydrogen-bond donors (Lipinski definition) is 1. The van der Waals surface area contributed by atoms with Gasteiger partial charge < -0.3 is 5.32 Å². The molecule has 1 aliphatic heterocycles. The first kappa shape index (κ1) is 22.0. The predicted octanol–water partition coefficient (Wildman–Crippen LogP) is 3.66. The number of carbonyl (C=O) groups excluding carboxylic acids is 2. The number of halogens is 3. The van der Waals surface area contributed by atoms with E-state index in [2.05, 4.69) is 10.2 Å². The molecule has 5 nitrogen and oxygen atoms in total. The predicted molar refractivity (Wildman–Crippen MR) is 108 cm³/mol. The SMILES string of the molecule is CC(=O)c1ccc(NC(=O)CN2CCN(Cc3cccc(C(F)(F)F)c3)CC2)cc1. The van der Waals surface area contributed by atoms with Crippen LogP contribution in [0.25, 0.3) is 0 Å². The smallest absolute Gasteiger partial charge is 0.325 e. The number of benzene rings is 2. The summed E-state index contributed by atoms with van der Waals surface area (Å²) in [5, 5.41) is 2.81. The maximum absolute atomic E-state index is 12.9. The molecule has 30 heavy (non-hydrogen) atoms. The van der Waals surface area contributed by atoms with Crippen LogP contribution in [0, 0.1) is 0 Å². The van der Waals surface area contributed by atoms with Crippen molar-refractivity contribution in [1.29, 1.82) is 0 Å². The second kappa shape index (κ2) is 9.40. The van der Waals surface area contributed by atoms with E-state index in [-0.39, 0.29) is 18.2 Å². The minimum atomic E-state index is -4.34. The minimum Gasteiger partial charge on any atom is -0.325 e. The van der Waals surface area contributed by atoms with Crippen LogP contribution in [0.2, 0.25) is 0 Å². The molecule has 0 bridgehead atoms. The van der Waals surface area contributed by atoms with E-state index >= 15 is 0 Å². The van der Waals surface area contributed by atoms with Crippen LogP contribution in [-0.2, 0) is 17.5 Å². The number of piperazine rings is 1. The summed E-state index contributed by atoms with van der Waals surface area (Å²) in [5.74, 6) is -0.173. The molecule has 0 aromatic heterocycles. The van der Waals surface area contributed by atoms with E-state index in [4.69, 9.17) is 0 Å². The Bertz CT molecular complexity index is 889. The molecular formula is C22H24F3N3O2. The van der Waals surface area contributed by atoms with Gasteiger partial charge in [-0.15, -0.1) is 0 Å². The number of Topliss-reactive ketones (excluding diaryl/α,β-unsaturated/α-hetero) is 1. The summed E-state index contributed by atoms with van der Waals surface area (Å²) < 4.78 is 38.6. The average molecular weight is 419 g/mol. The number of nitrogens with one attached hydrogen (secondary N) is 1. The summed E-state index contributed by atoms with van der Waals surface area (Å²) in [6.45, 7) is 4.86. The molecule has 1 aliphatic rings. The molecule has 0 radical (unpaired) electrons. The molecule has 1 fully saturated rings. The van der Waals surface area contributed by atoms with Crippen LogP contribution in [0.3, 0.4) is 0 Å². The van der Waals surface area contributed by atoms with Gasteiger partial charge in [-0.1, -0.05) is 18.2 Å². The van der Waals surface area contributed by atoms with E-state index in [1.165, 1.54) is 19.1 Å². The zero-order valence-corrected chi connectivity index (χ0v) is 16.7. The van der Waals surface area contributed by atoms with Crippen molar-refractivity contribution in [2.75, 3.05) is 38.0 Å². The third-order valence-corrected chi connectivity index (χ3v) is 5.07. The van der Waals surface area contributed by atoms with Gasteiger partial charge in [-0.2, -0.15) is 13.2 Å². The molecule has 1 amide bonds. The van der Waals surface area contributed by atoms with Crippen molar-refractivity contribution >= 4 is 17.4 Å². The van der Waals surface area contributed by atoms with Crippen molar-refractivity contribution in [3.8, 4) is 0 Å². The van der Waals surface area contributed by atoms with Gasteiger partial charge in [0.25, 0.3) is 0 Å². The molecule has 2 aromatic carbocycles. The van der Waals surface area contributed by atoms with Crippen LogP contribution in [0.1, 0.15) is 28.4 Å². The van der Waals surface area contributed by atoms with Gasteiger partial charge in [0.1, 0.15) is 0 Å². The van der Waals surface area contributed by atoms with Gasteiger partial charge in [0.15, 0.2) is 5.78 Å². The topological polar surface area (TPSA) is 52.7 Å². The largest absolute Gasteiger partial charge is 0.416 e. The molecule has 2 aromatic rings. The summed E-state index contributed by atoms with van der Waals surface area (Å²) >= 11 is 0. The molecule has 1 N–H and O–H groups in total. The Morgan fingerprint density at radius 1 is 0.967 bits per heavy atom. The average Bonchev–Trinajstić information content (AvgIpc) is 2.69. The molecular weight excluding hydrogens is 395 g/mol. The lowest BCUT2D eigenvalue weighted by atomic mass is 10.1. The van der Waals surface area contributed by atoms with Crippen LogP contribution < -0.4 is 5.32 Å². The maximum atomic E-state index is 12.9. The number of carbonyl (C=O) groups is 2. The van der Waals surface area contributed by atoms with Gasteiger partial charge in [-0.25, -0.2) is 0 Å². The minimum absolute atomic E-state index is 0.0316. The van der Waals surface area contributed by atoms with Gasteiger partial charge in [0, 0.05) is 44.0 Å². The van der Waals surface area contributed by atoms with Gasteiger partial charge in [0.05, 0.1) is 12.1 Å². The molecule has 8 heteroatoms. The van der Waals surface area contributed by atoms with E-state index in [1.807, 2.05) is 4.90 Å². The van der Waals surface area contributed by atoms with Crippen LogP contribution in [-0.4, -0.2) is 54.2 Å². The van der Waals surface area contributed by atoms with Crippen molar-refractivity contribution in [2.45, 2.75) is 19.6 Å². The molecule has 160 valence electrons. The van der Waals surface area contributed by atoms with Crippen LogP contribution in [0.5, 0.6) is 0 Å². The number of alkyl halides is 3. The number of rotatable bonds is 6. The molecule has 1 saturated heterocycles. The second-order valence-electron chi connectivity index (χ2n) is 7.43. The third kappa shape index (κ3) is 6.14. The van der Waals surface area contributed by atoms with Crippen molar-refractivity contribution in [1.82, 2.24) is 9.80 Å². The number of hydrogen-bond acceptors (Lipinski definition) is 4. The quantitative estimate of drug-likeness (QED) is 0.726. The van der Waals surface area contributed by atoms with Crippen molar-refractivity contribution < 1.29 is 22.8 Å². The Hall–Kier alpha value is -2.71. The summed E-state index contributed by atoms with van der Waals surface area (Å²) in [7, 11) is 0. The summed E-state index contributed by atoms with van der Waals surface area (Å²) in [6.07, 6.45) is -4.34. The van der Waals surface area contributed by atoms with Crippen molar-refractivity contribution in [3.05, 3.63) is 65.2 Å². The number of amides is 1. The van der Waals surface area contributed by atoms with Crippen molar-refractivity contribution in [3.63, 3.8) is 0 Å². The van der Waals surface area contributed by atoms with E-state index < -0.39 is 11.7 Å².